The summed E-state index contributed by atoms with van der Waals surface area (Å²) in [7, 11) is 0. The van der Waals surface area contributed by atoms with Crippen LogP contribution in [0.5, 0.6) is 0 Å². The second kappa shape index (κ2) is 3.91. The van der Waals surface area contributed by atoms with Gasteiger partial charge in [-0.1, -0.05) is 13.8 Å². The number of nitrogens with zero attached hydrogens (tertiary/aromatic N) is 1. The van der Waals surface area contributed by atoms with E-state index in [1.54, 1.807) is 0 Å². The third kappa shape index (κ3) is 2.58. The number of hydrogen-bond donors (Lipinski definition) is 3. The van der Waals surface area contributed by atoms with Crippen molar-refractivity contribution >= 4 is 12.0 Å². The molecule has 0 aliphatic carbocycles. The van der Waals surface area contributed by atoms with Crippen LogP contribution >= 0.6 is 0 Å². The lowest BCUT2D eigenvalue weighted by molar-refractivity contribution is 0.259. The number of carbonyl (C=O) groups excluding carboxylic acids is 1. The lowest BCUT2D eigenvalue weighted by Crippen LogP contribution is -2.23. The second-order valence-corrected chi connectivity index (χ2v) is 3.16. The zero-order valence-electron chi connectivity index (χ0n) is 8.00. The standard InChI is InChI=1S/C8H12N4O2/c1-4(2)5-3-6(13)11-8(10-5)12-7(9)14/h3-4H,1-2H3,(H4,9,10,11,12,13,14). The van der Waals surface area contributed by atoms with Crippen LogP contribution in [0, 0.1) is 0 Å². The topological polar surface area (TPSA) is 101 Å². The number of amides is 2. The van der Waals surface area contributed by atoms with E-state index in [0.29, 0.717) is 5.69 Å². The predicted octanol–water partition coefficient (Wildman–Crippen LogP) is 0.384. The molecule has 4 N–H and O–H groups in total. The molecule has 0 saturated carbocycles. The Morgan fingerprint density at radius 1 is 1.64 bits per heavy atom. The molecule has 0 spiro atoms. The highest BCUT2D eigenvalue weighted by Gasteiger charge is 2.05. The summed E-state index contributed by atoms with van der Waals surface area (Å²) in [5, 5.41) is 2.21. The molecule has 1 aromatic heterocycles. The van der Waals surface area contributed by atoms with Gasteiger partial charge in [0.05, 0.1) is 5.69 Å². The number of hydrogen-bond acceptors (Lipinski definition) is 3. The first-order valence-corrected chi connectivity index (χ1v) is 4.16. The highest BCUT2D eigenvalue weighted by molar-refractivity contribution is 5.85. The highest BCUT2D eigenvalue weighted by Crippen LogP contribution is 2.09. The highest BCUT2D eigenvalue weighted by atomic mass is 16.2. The Morgan fingerprint density at radius 2 is 2.29 bits per heavy atom. The van der Waals surface area contributed by atoms with Gasteiger partial charge in [-0.3, -0.25) is 15.1 Å². The first-order valence-electron chi connectivity index (χ1n) is 4.16. The van der Waals surface area contributed by atoms with Crippen LogP contribution in [-0.4, -0.2) is 16.0 Å². The van der Waals surface area contributed by atoms with Gasteiger partial charge in [-0.15, -0.1) is 0 Å². The molecule has 2 amide bonds. The number of nitrogens with two attached hydrogens (primary N) is 1. The molecule has 6 heteroatoms. The summed E-state index contributed by atoms with van der Waals surface area (Å²) in [4.78, 5) is 28.0. The van der Waals surface area contributed by atoms with Gasteiger partial charge in [-0.05, 0) is 5.92 Å². The van der Waals surface area contributed by atoms with E-state index in [1.165, 1.54) is 6.07 Å². The molecule has 1 rings (SSSR count). The lowest BCUT2D eigenvalue weighted by atomic mass is 10.1. The normalized spacial score (nSPS) is 10.2. The van der Waals surface area contributed by atoms with Gasteiger partial charge in [-0.2, -0.15) is 0 Å². The molecule has 0 aliphatic rings. The summed E-state index contributed by atoms with van der Waals surface area (Å²) in [6.07, 6.45) is 0. The third-order valence-corrected chi connectivity index (χ3v) is 1.59. The van der Waals surface area contributed by atoms with Crippen LogP contribution in [0.3, 0.4) is 0 Å². The van der Waals surface area contributed by atoms with Gasteiger partial charge in [0.15, 0.2) is 0 Å². The van der Waals surface area contributed by atoms with Crippen LogP contribution < -0.4 is 16.6 Å². The van der Waals surface area contributed by atoms with Gasteiger partial charge in [0.2, 0.25) is 5.95 Å². The predicted molar refractivity (Wildman–Crippen MR) is 52.2 cm³/mol. The second-order valence-electron chi connectivity index (χ2n) is 3.16. The van der Waals surface area contributed by atoms with E-state index in [4.69, 9.17) is 5.73 Å². The van der Waals surface area contributed by atoms with Gasteiger partial charge in [0, 0.05) is 6.07 Å². The summed E-state index contributed by atoms with van der Waals surface area (Å²) in [5.41, 5.74) is 5.18. The Bertz CT molecular complexity index is 397. The number of carbonyl (C=O) groups is 1. The maximum absolute atomic E-state index is 11.1. The van der Waals surface area contributed by atoms with Gasteiger partial charge < -0.3 is 5.73 Å². The first kappa shape index (κ1) is 10.2. The largest absolute Gasteiger partial charge is 0.351 e. The van der Waals surface area contributed by atoms with Gasteiger partial charge in [0.25, 0.3) is 5.56 Å². The number of anilines is 1. The Morgan fingerprint density at radius 3 is 2.79 bits per heavy atom. The summed E-state index contributed by atoms with van der Waals surface area (Å²) in [6, 6.07) is 0.630. The Hall–Kier alpha value is -1.85. The van der Waals surface area contributed by atoms with Gasteiger partial charge in [-0.25, -0.2) is 9.78 Å². The Labute approximate surface area is 80.5 Å². The molecular weight excluding hydrogens is 184 g/mol. The molecule has 0 fully saturated rings. The number of aromatic nitrogens is 2. The number of nitrogens with one attached hydrogen (secondary N) is 2. The van der Waals surface area contributed by atoms with Crippen molar-refractivity contribution in [2.24, 2.45) is 5.73 Å². The maximum Gasteiger partial charge on any atom is 0.318 e. The SMILES string of the molecule is CC(C)c1cc(=O)[nH]c(NC(N)=O)n1. The number of aromatic amines is 1. The molecule has 76 valence electrons. The molecular formula is C8H12N4O2. The Kier molecular flexibility index (Phi) is 2.85. The van der Waals surface area contributed by atoms with E-state index >= 15 is 0 Å². The number of urea groups is 1. The molecule has 0 aromatic carbocycles. The molecule has 0 bridgehead atoms. The number of primary amides is 1. The average molecular weight is 196 g/mol. The zero-order chi connectivity index (χ0) is 10.7. The summed E-state index contributed by atoms with van der Waals surface area (Å²) in [6.45, 7) is 3.80. The molecule has 0 radical (unpaired) electrons. The van der Waals surface area contributed by atoms with Crippen LogP contribution in [0.2, 0.25) is 0 Å². The fourth-order valence-corrected chi connectivity index (χ4v) is 0.948. The van der Waals surface area contributed by atoms with E-state index in [1.807, 2.05) is 13.8 Å². The van der Waals surface area contributed by atoms with Crippen molar-refractivity contribution in [3.8, 4) is 0 Å². The molecule has 1 heterocycles. The summed E-state index contributed by atoms with van der Waals surface area (Å²) < 4.78 is 0. The minimum Gasteiger partial charge on any atom is -0.351 e. The van der Waals surface area contributed by atoms with E-state index in [2.05, 4.69) is 15.3 Å². The fraction of sp³-hybridized carbons (Fsp3) is 0.375. The van der Waals surface area contributed by atoms with E-state index < -0.39 is 6.03 Å². The zero-order valence-corrected chi connectivity index (χ0v) is 8.00. The van der Waals surface area contributed by atoms with E-state index in [9.17, 15) is 9.59 Å². The van der Waals surface area contributed by atoms with Crippen molar-refractivity contribution < 1.29 is 4.79 Å². The van der Waals surface area contributed by atoms with Crippen molar-refractivity contribution in [1.82, 2.24) is 9.97 Å². The summed E-state index contributed by atoms with van der Waals surface area (Å²) >= 11 is 0. The van der Waals surface area contributed by atoms with Crippen LogP contribution in [0.1, 0.15) is 25.5 Å². The molecule has 14 heavy (non-hydrogen) atoms. The third-order valence-electron chi connectivity index (χ3n) is 1.59. The lowest BCUT2D eigenvalue weighted by Gasteiger charge is -2.05. The van der Waals surface area contributed by atoms with Crippen molar-refractivity contribution in [3.05, 3.63) is 22.1 Å². The monoisotopic (exact) mass is 196 g/mol. The van der Waals surface area contributed by atoms with Gasteiger partial charge >= 0.3 is 6.03 Å². The fourth-order valence-electron chi connectivity index (χ4n) is 0.948. The molecule has 0 saturated heterocycles. The molecule has 0 atom stereocenters. The van der Waals surface area contributed by atoms with E-state index in [0.717, 1.165) is 0 Å². The summed E-state index contributed by atoms with van der Waals surface area (Å²) in [5.74, 6) is 0.194. The van der Waals surface area contributed by atoms with Gasteiger partial charge in [0.1, 0.15) is 0 Å². The quantitative estimate of drug-likeness (QED) is 0.637. The minimum absolute atomic E-state index is 0.0775. The van der Waals surface area contributed by atoms with Crippen molar-refractivity contribution in [1.29, 1.82) is 0 Å². The number of H-pyrrole nitrogens is 1. The van der Waals surface area contributed by atoms with Crippen molar-refractivity contribution in [2.75, 3.05) is 5.32 Å². The Balaban J connectivity index is 3.07. The smallest absolute Gasteiger partial charge is 0.318 e. The van der Waals surface area contributed by atoms with Crippen molar-refractivity contribution in [2.45, 2.75) is 19.8 Å². The minimum atomic E-state index is -0.756. The molecule has 1 aromatic rings. The van der Waals surface area contributed by atoms with Crippen LogP contribution in [0.15, 0.2) is 10.9 Å². The van der Waals surface area contributed by atoms with Crippen LogP contribution in [0.25, 0.3) is 0 Å². The van der Waals surface area contributed by atoms with Crippen LogP contribution in [-0.2, 0) is 0 Å². The van der Waals surface area contributed by atoms with E-state index in [-0.39, 0.29) is 17.4 Å². The number of rotatable bonds is 2. The maximum atomic E-state index is 11.1. The van der Waals surface area contributed by atoms with Crippen LogP contribution in [0.4, 0.5) is 10.7 Å². The molecule has 0 unspecified atom stereocenters. The molecule has 6 nitrogen and oxygen atoms in total. The first-order chi connectivity index (χ1) is 6.49. The van der Waals surface area contributed by atoms with Crippen molar-refractivity contribution in [3.63, 3.8) is 0 Å². The molecule has 0 aliphatic heterocycles. The average Bonchev–Trinajstić information content (AvgIpc) is 2.01.